The zero-order valence-corrected chi connectivity index (χ0v) is 18.5. The molecule has 1 aliphatic rings. The molecule has 164 valence electrons. The normalized spacial score (nSPS) is 13.6. The van der Waals surface area contributed by atoms with Crippen molar-refractivity contribution in [3.63, 3.8) is 0 Å². The summed E-state index contributed by atoms with van der Waals surface area (Å²) < 4.78 is 0. The van der Waals surface area contributed by atoms with Crippen molar-refractivity contribution in [2.24, 2.45) is 0 Å². The van der Waals surface area contributed by atoms with E-state index < -0.39 is 0 Å². The van der Waals surface area contributed by atoms with Gasteiger partial charge in [-0.15, -0.1) is 5.10 Å². The number of carbonyl (C=O) groups excluding carboxylic acids is 2. The van der Waals surface area contributed by atoms with Crippen LogP contribution in [0.5, 0.6) is 0 Å². The first-order valence-electron chi connectivity index (χ1n) is 10.6. The maximum Gasteiger partial charge on any atom is 0.253 e. The summed E-state index contributed by atoms with van der Waals surface area (Å²) in [5.74, 6) is 0.850. The number of nitrogens with zero attached hydrogens (tertiary/aromatic N) is 3. The highest BCUT2D eigenvalue weighted by atomic mass is 32.2. The van der Waals surface area contributed by atoms with Crippen LogP contribution < -0.4 is 5.32 Å². The highest BCUT2D eigenvalue weighted by Crippen LogP contribution is 2.15. The summed E-state index contributed by atoms with van der Waals surface area (Å²) in [5, 5.41) is 10.4. The van der Waals surface area contributed by atoms with Crippen molar-refractivity contribution in [2.45, 2.75) is 24.5 Å². The third kappa shape index (κ3) is 6.07. The van der Waals surface area contributed by atoms with Gasteiger partial charge in [0.15, 0.2) is 0 Å². The molecule has 0 saturated carbocycles. The maximum absolute atomic E-state index is 12.4. The summed E-state index contributed by atoms with van der Waals surface area (Å²) in [6.07, 6.45) is 5.96. The molecule has 0 aliphatic carbocycles. The predicted octanol–water partition coefficient (Wildman–Crippen LogP) is 3.62. The number of H-pyrrole nitrogens is 1. The molecule has 32 heavy (non-hydrogen) atoms. The number of likely N-dealkylation sites (tertiary alicyclic amines) is 1. The van der Waals surface area contributed by atoms with Crippen LogP contribution in [0, 0.1) is 0 Å². The van der Waals surface area contributed by atoms with Crippen molar-refractivity contribution >= 4 is 35.7 Å². The smallest absolute Gasteiger partial charge is 0.253 e. The van der Waals surface area contributed by atoms with Gasteiger partial charge in [0.05, 0.1) is 5.75 Å². The third-order valence-corrected chi connectivity index (χ3v) is 5.98. The van der Waals surface area contributed by atoms with Gasteiger partial charge in [-0.25, -0.2) is 4.98 Å². The van der Waals surface area contributed by atoms with Gasteiger partial charge >= 0.3 is 0 Å². The van der Waals surface area contributed by atoms with Crippen LogP contribution in [0.15, 0.2) is 59.8 Å². The summed E-state index contributed by atoms with van der Waals surface area (Å²) in [4.78, 5) is 30.8. The molecule has 4 rings (SSSR count). The summed E-state index contributed by atoms with van der Waals surface area (Å²) in [6.45, 7) is 2.09. The lowest BCUT2D eigenvalue weighted by Gasteiger charge is -2.15. The minimum atomic E-state index is -0.0987. The van der Waals surface area contributed by atoms with Gasteiger partial charge in [0.25, 0.3) is 5.91 Å². The minimum Gasteiger partial charge on any atom is -0.351 e. The second-order valence-electron chi connectivity index (χ2n) is 7.51. The Morgan fingerprint density at radius 3 is 2.53 bits per heavy atom. The van der Waals surface area contributed by atoms with Gasteiger partial charge in [0.1, 0.15) is 5.82 Å². The van der Waals surface area contributed by atoms with E-state index in [9.17, 15) is 9.59 Å². The number of rotatable bonds is 8. The van der Waals surface area contributed by atoms with Gasteiger partial charge in [-0.3, -0.25) is 14.7 Å². The number of aromatic nitrogens is 3. The predicted molar refractivity (Wildman–Crippen MR) is 126 cm³/mol. The van der Waals surface area contributed by atoms with E-state index in [4.69, 9.17) is 0 Å². The molecule has 0 spiro atoms. The molecule has 2 heterocycles. The third-order valence-electron chi connectivity index (χ3n) is 5.13. The molecular weight excluding hydrogens is 422 g/mol. The van der Waals surface area contributed by atoms with Crippen molar-refractivity contribution in [1.29, 1.82) is 0 Å². The van der Waals surface area contributed by atoms with Crippen LogP contribution in [0.4, 0.5) is 0 Å². The van der Waals surface area contributed by atoms with E-state index in [1.165, 1.54) is 11.8 Å². The largest absolute Gasteiger partial charge is 0.351 e. The van der Waals surface area contributed by atoms with Gasteiger partial charge in [0, 0.05) is 25.2 Å². The molecule has 3 aromatic rings. The van der Waals surface area contributed by atoms with E-state index >= 15 is 0 Å². The average Bonchev–Trinajstić information content (AvgIpc) is 3.53. The van der Waals surface area contributed by atoms with E-state index in [1.807, 2.05) is 71.6 Å². The molecule has 7 nitrogen and oxygen atoms in total. The number of aromatic amines is 1. The molecule has 2 aromatic carbocycles. The number of thioether (sulfide) groups is 1. The lowest BCUT2D eigenvalue weighted by Crippen LogP contribution is -2.27. The molecule has 1 aliphatic heterocycles. The van der Waals surface area contributed by atoms with E-state index in [1.54, 1.807) is 0 Å². The number of benzene rings is 2. The van der Waals surface area contributed by atoms with E-state index in [0.29, 0.717) is 23.1 Å². The minimum absolute atomic E-state index is 0.0824. The Balaban J connectivity index is 1.20. The quantitative estimate of drug-likeness (QED) is 0.515. The average molecular weight is 448 g/mol. The summed E-state index contributed by atoms with van der Waals surface area (Å²) in [7, 11) is 0. The molecule has 0 radical (unpaired) electrons. The Labute approximate surface area is 191 Å². The van der Waals surface area contributed by atoms with Gasteiger partial charge in [-0.1, -0.05) is 60.3 Å². The van der Waals surface area contributed by atoms with Gasteiger partial charge < -0.3 is 10.2 Å². The Morgan fingerprint density at radius 2 is 1.78 bits per heavy atom. The number of hydrogen-bond acceptors (Lipinski definition) is 5. The summed E-state index contributed by atoms with van der Waals surface area (Å²) in [5.41, 5.74) is 2.72. The van der Waals surface area contributed by atoms with Crippen LogP contribution in [-0.4, -0.2) is 50.7 Å². The van der Waals surface area contributed by atoms with Crippen molar-refractivity contribution in [1.82, 2.24) is 25.4 Å². The number of carbonyl (C=O) groups is 2. The Morgan fingerprint density at radius 1 is 1.03 bits per heavy atom. The van der Waals surface area contributed by atoms with Gasteiger partial charge in [0.2, 0.25) is 11.1 Å². The van der Waals surface area contributed by atoms with Crippen LogP contribution in [0.1, 0.15) is 40.2 Å². The highest BCUT2D eigenvalue weighted by Gasteiger charge is 2.19. The molecule has 0 atom stereocenters. The van der Waals surface area contributed by atoms with Crippen LogP contribution in [0.3, 0.4) is 0 Å². The van der Waals surface area contributed by atoms with E-state index in [2.05, 4.69) is 20.5 Å². The van der Waals surface area contributed by atoms with Crippen molar-refractivity contribution in [2.75, 3.05) is 18.8 Å². The van der Waals surface area contributed by atoms with Crippen molar-refractivity contribution in [3.8, 4) is 0 Å². The zero-order valence-electron chi connectivity index (χ0n) is 17.7. The molecule has 2 amide bonds. The summed E-state index contributed by atoms with van der Waals surface area (Å²) in [6, 6.07) is 17.4. The molecular formula is C24H25N5O2S. The first-order chi connectivity index (χ1) is 15.7. The molecule has 2 N–H and O–H groups in total. The van der Waals surface area contributed by atoms with Gasteiger partial charge in [-0.05, 0) is 42.2 Å². The van der Waals surface area contributed by atoms with E-state index in [0.717, 1.165) is 37.1 Å². The number of amides is 2. The second-order valence-corrected chi connectivity index (χ2v) is 8.45. The first-order valence-corrected chi connectivity index (χ1v) is 11.6. The van der Waals surface area contributed by atoms with Crippen LogP contribution in [0.25, 0.3) is 12.2 Å². The maximum atomic E-state index is 12.4. The monoisotopic (exact) mass is 447 g/mol. The molecule has 0 unspecified atom stereocenters. The fourth-order valence-corrected chi connectivity index (χ4v) is 4.02. The standard InChI is InChI=1S/C24H25N5O2S/c30-22(17-32-24-26-21(27-28-24)13-10-18-6-2-1-3-7-18)25-16-19-8-11-20(12-9-19)23(31)29-14-4-5-15-29/h1-3,6-13H,4-5,14-17H2,(H,25,30)(H,26,27,28)/b13-10+. The van der Waals surface area contributed by atoms with Crippen LogP contribution in [0.2, 0.25) is 0 Å². The number of nitrogens with one attached hydrogen (secondary N) is 2. The Hall–Kier alpha value is -3.39. The molecule has 8 heteroatoms. The van der Waals surface area contributed by atoms with Crippen molar-refractivity contribution in [3.05, 3.63) is 77.1 Å². The van der Waals surface area contributed by atoms with Crippen molar-refractivity contribution < 1.29 is 9.59 Å². The number of hydrogen-bond donors (Lipinski definition) is 2. The highest BCUT2D eigenvalue weighted by molar-refractivity contribution is 7.99. The lowest BCUT2D eigenvalue weighted by atomic mass is 10.1. The van der Waals surface area contributed by atoms with Crippen LogP contribution in [-0.2, 0) is 11.3 Å². The molecule has 1 aromatic heterocycles. The topological polar surface area (TPSA) is 91.0 Å². The Kier molecular flexibility index (Phi) is 7.34. The second kappa shape index (κ2) is 10.8. The SMILES string of the molecule is O=C(CSc1n[nH]c(/C=C/c2ccccc2)n1)NCc1ccc(C(=O)N2CCCC2)cc1. The lowest BCUT2D eigenvalue weighted by molar-refractivity contribution is -0.118. The van der Waals surface area contributed by atoms with Gasteiger partial charge in [-0.2, -0.15) is 0 Å². The molecule has 1 saturated heterocycles. The van der Waals surface area contributed by atoms with Crippen LogP contribution >= 0.6 is 11.8 Å². The summed E-state index contributed by atoms with van der Waals surface area (Å²) >= 11 is 1.28. The molecule has 0 bridgehead atoms. The van der Waals surface area contributed by atoms with E-state index in [-0.39, 0.29) is 17.6 Å². The fraction of sp³-hybridized carbons (Fsp3) is 0.250. The zero-order chi connectivity index (χ0) is 22.2. The molecule has 1 fully saturated rings. The fourth-order valence-electron chi connectivity index (χ4n) is 3.39. The Bertz CT molecular complexity index is 1070. The first kappa shape index (κ1) is 21.8.